The fourth-order valence-electron chi connectivity index (χ4n) is 1.75. The second-order valence-electron chi connectivity index (χ2n) is 4.36. The lowest BCUT2D eigenvalue weighted by Crippen LogP contribution is -2.36. The summed E-state index contributed by atoms with van der Waals surface area (Å²) in [6.45, 7) is 1.55. The average Bonchev–Trinajstić information content (AvgIpc) is 2.95. The summed E-state index contributed by atoms with van der Waals surface area (Å²) in [5.74, 6) is -2.43. The maximum Gasteiger partial charge on any atom is 0.287 e. The smallest absolute Gasteiger partial charge is 0.287 e. The quantitative estimate of drug-likeness (QED) is 0.904. The molecule has 2 rings (SSSR count). The van der Waals surface area contributed by atoms with E-state index in [9.17, 15) is 18.7 Å². The van der Waals surface area contributed by atoms with E-state index in [4.69, 9.17) is 4.42 Å². The molecule has 0 radical (unpaired) electrons. The van der Waals surface area contributed by atoms with Crippen molar-refractivity contribution in [3.05, 3.63) is 59.6 Å². The number of hydrogen-bond donors (Lipinski definition) is 2. The van der Waals surface area contributed by atoms with Crippen molar-refractivity contribution in [1.29, 1.82) is 0 Å². The Labute approximate surface area is 114 Å². The lowest BCUT2D eigenvalue weighted by Gasteiger charge is -2.20. The number of aliphatic hydroxyl groups excluding tert-OH is 1. The summed E-state index contributed by atoms with van der Waals surface area (Å²) in [4.78, 5) is 11.7. The van der Waals surface area contributed by atoms with Crippen molar-refractivity contribution < 1.29 is 23.1 Å². The standard InChI is InChI=1S/C14H13F2NO3/c1-8(17-14(19)12-3-2-6-20-12)13(18)9-4-5-10(15)11(16)7-9/h2-8,13,18H,1H3,(H,17,19). The van der Waals surface area contributed by atoms with Gasteiger partial charge in [-0.25, -0.2) is 8.78 Å². The first-order chi connectivity index (χ1) is 9.49. The van der Waals surface area contributed by atoms with Gasteiger partial charge in [-0.3, -0.25) is 4.79 Å². The Kier molecular flexibility index (Phi) is 4.14. The molecule has 106 valence electrons. The van der Waals surface area contributed by atoms with Gasteiger partial charge in [0.1, 0.15) is 0 Å². The normalized spacial score (nSPS) is 13.8. The zero-order valence-electron chi connectivity index (χ0n) is 10.6. The number of nitrogens with one attached hydrogen (secondary N) is 1. The molecule has 0 aliphatic heterocycles. The third kappa shape index (κ3) is 3.03. The molecule has 1 amide bonds. The van der Waals surface area contributed by atoms with E-state index in [-0.39, 0.29) is 11.3 Å². The zero-order valence-corrected chi connectivity index (χ0v) is 10.6. The molecule has 0 saturated carbocycles. The molecule has 2 N–H and O–H groups in total. The van der Waals surface area contributed by atoms with Crippen LogP contribution in [0.1, 0.15) is 29.1 Å². The molecule has 1 aromatic carbocycles. The number of furan rings is 1. The van der Waals surface area contributed by atoms with Crippen molar-refractivity contribution in [2.45, 2.75) is 19.1 Å². The van der Waals surface area contributed by atoms with Crippen LogP contribution in [-0.2, 0) is 0 Å². The zero-order chi connectivity index (χ0) is 14.7. The fourth-order valence-corrected chi connectivity index (χ4v) is 1.75. The molecule has 0 saturated heterocycles. The van der Waals surface area contributed by atoms with Crippen LogP contribution in [0, 0.1) is 11.6 Å². The molecule has 6 heteroatoms. The Bertz CT molecular complexity index is 598. The highest BCUT2D eigenvalue weighted by Crippen LogP contribution is 2.19. The topological polar surface area (TPSA) is 62.5 Å². The van der Waals surface area contributed by atoms with E-state index >= 15 is 0 Å². The summed E-state index contributed by atoms with van der Waals surface area (Å²) in [5.41, 5.74) is 0.177. The van der Waals surface area contributed by atoms with Gasteiger partial charge < -0.3 is 14.8 Å². The molecule has 0 aliphatic rings. The second-order valence-corrected chi connectivity index (χ2v) is 4.36. The van der Waals surface area contributed by atoms with Gasteiger partial charge in [0, 0.05) is 0 Å². The van der Waals surface area contributed by atoms with Crippen molar-refractivity contribution in [2.24, 2.45) is 0 Å². The van der Waals surface area contributed by atoms with Gasteiger partial charge in [-0.15, -0.1) is 0 Å². The molecule has 0 fully saturated rings. The SMILES string of the molecule is CC(NC(=O)c1ccco1)C(O)c1ccc(F)c(F)c1. The van der Waals surface area contributed by atoms with E-state index in [0.717, 1.165) is 12.1 Å². The number of carbonyl (C=O) groups excluding carboxylic acids is 1. The minimum atomic E-state index is -1.16. The third-order valence-electron chi connectivity index (χ3n) is 2.86. The molecule has 2 aromatic rings. The highest BCUT2D eigenvalue weighted by Gasteiger charge is 2.21. The molecule has 4 nitrogen and oxygen atoms in total. The van der Waals surface area contributed by atoms with Gasteiger partial charge in [0.05, 0.1) is 18.4 Å². The third-order valence-corrected chi connectivity index (χ3v) is 2.86. The average molecular weight is 281 g/mol. The first kappa shape index (κ1) is 14.2. The summed E-state index contributed by atoms with van der Waals surface area (Å²) < 4.78 is 30.8. The number of halogens is 2. The van der Waals surface area contributed by atoms with Crippen LogP contribution in [0.25, 0.3) is 0 Å². The van der Waals surface area contributed by atoms with Gasteiger partial charge >= 0.3 is 0 Å². The first-order valence-electron chi connectivity index (χ1n) is 5.96. The number of aliphatic hydroxyl groups is 1. The van der Waals surface area contributed by atoms with Crippen molar-refractivity contribution in [2.75, 3.05) is 0 Å². The van der Waals surface area contributed by atoms with E-state index in [1.54, 1.807) is 13.0 Å². The number of carbonyl (C=O) groups is 1. The summed E-state index contributed by atoms with van der Waals surface area (Å²) in [7, 11) is 0. The lowest BCUT2D eigenvalue weighted by molar-refractivity contribution is 0.0825. The first-order valence-corrected chi connectivity index (χ1v) is 5.96. The Balaban J connectivity index is 2.06. The number of hydrogen-bond acceptors (Lipinski definition) is 3. The largest absolute Gasteiger partial charge is 0.459 e. The fraction of sp³-hybridized carbons (Fsp3) is 0.214. The molecule has 1 heterocycles. The van der Waals surface area contributed by atoms with Gasteiger partial charge in [-0.2, -0.15) is 0 Å². The van der Waals surface area contributed by atoms with E-state index in [0.29, 0.717) is 0 Å². The maximum absolute atomic E-state index is 13.1. The minimum absolute atomic E-state index is 0.106. The Morgan fingerprint density at radius 2 is 2.05 bits per heavy atom. The summed E-state index contributed by atoms with van der Waals surface area (Å²) in [5, 5.41) is 12.5. The highest BCUT2D eigenvalue weighted by molar-refractivity contribution is 5.91. The molecular formula is C14H13F2NO3. The lowest BCUT2D eigenvalue weighted by atomic mass is 10.0. The summed E-state index contributed by atoms with van der Waals surface area (Å²) >= 11 is 0. The van der Waals surface area contributed by atoms with Crippen LogP contribution in [-0.4, -0.2) is 17.1 Å². The van der Waals surface area contributed by atoms with Crippen LogP contribution in [0.4, 0.5) is 8.78 Å². The second kappa shape index (κ2) is 5.83. The Hall–Kier alpha value is -2.21. The van der Waals surface area contributed by atoms with Gasteiger partial charge in [0.2, 0.25) is 0 Å². The molecule has 2 atom stereocenters. The number of amides is 1. The summed E-state index contributed by atoms with van der Waals surface area (Å²) in [6.07, 6.45) is 0.190. The minimum Gasteiger partial charge on any atom is -0.459 e. The van der Waals surface area contributed by atoms with Crippen LogP contribution in [0.5, 0.6) is 0 Å². The maximum atomic E-state index is 13.1. The van der Waals surface area contributed by atoms with Crippen LogP contribution in [0.2, 0.25) is 0 Å². The van der Waals surface area contributed by atoms with Crippen LogP contribution < -0.4 is 5.32 Å². The van der Waals surface area contributed by atoms with Crippen LogP contribution in [0.3, 0.4) is 0 Å². The van der Waals surface area contributed by atoms with Crippen LogP contribution >= 0.6 is 0 Å². The molecule has 1 aromatic heterocycles. The van der Waals surface area contributed by atoms with Crippen LogP contribution in [0.15, 0.2) is 41.0 Å². The van der Waals surface area contributed by atoms with E-state index < -0.39 is 29.7 Å². The van der Waals surface area contributed by atoms with Gasteiger partial charge in [-0.05, 0) is 36.8 Å². The molecular weight excluding hydrogens is 268 g/mol. The molecule has 0 spiro atoms. The molecule has 20 heavy (non-hydrogen) atoms. The van der Waals surface area contributed by atoms with E-state index in [1.807, 2.05) is 0 Å². The number of benzene rings is 1. The Morgan fingerprint density at radius 1 is 1.30 bits per heavy atom. The highest BCUT2D eigenvalue weighted by atomic mass is 19.2. The Morgan fingerprint density at radius 3 is 2.65 bits per heavy atom. The predicted octanol–water partition coefficient (Wildman–Crippen LogP) is 2.41. The van der Waals surface area contributed by atoms with Crippen molar-refractivity contribution in [3.8, 4) is 0 Å². The van der Waals surface area contributed by atoms with Crippen molar-refractivity contribution in [1.82, 2.24) is 5.32 Å². The van der Waals surface area contributed by atoms with E-state index in [2.05, 4.69) is 5.32 Å². The van der Waals surface area contributed by atoms with Gasteiger partial charge in [-0.1, -0.05) is 6.07 Å². The summed E-state index contributed by atoms with van der Waals surface area (Å²) in [6, 6.07) is 5.43. The molecule has 0 aliphatic carbocycles. The van der Waals surface area contributed by atoms with Gasteiger partial charge in [0.15, 0.2) is 17.4 Å². The number of rotatable bonds is 4. The molecule has 0 bridgehead atoms. The van der Waals surface area contributed by atoms with Crippen molar-refractivity contribution in [3.63, 3.8) is 0 Å². The predicted molar refractivity (Wildman–Crippen MR) is 67.0 cm³/mol. The van der Waals surface area contributed by atoms with Crippen molar-refractivity contribution >= 4 is 5.91 Å². The molecule has 2 unspecified atom stereocenters. The van der Waals surface area contributed by atoms with E-state index in [1.165, 1.54) is 18.4 Å². The van der Waals surface area contributed by atoms with Gasteiger partial charge in [0.25, 0.3) is 5.91 Å². The monoisotopic (exact) mass is 281 g/mol.